The third-order valence-electron chi connectivity index (χ3n) is 8.59. The van der Waals surface area contributed by atoms with Gasteiger partial charge in [0.15, 0.2) is 11.5 Å². The van der Waals surface area contributed by atoms with Crippen molar-refractivity contribution in [1.29, 1.82) is 0 Å². The SMILES string of the molecule is C[C@@H]1CN([C@H](C)CO)C(=O)Cc2cc(NC(=O)Nc3ccc4c(c3)OCO4)ccc2O[C@@H]1CN(C)CC1CCCCC1. The van der Waals surface area contributed by atoms with Crippen LogP contribution in [0.5, 0.6) is 17.2 Å². The van der Waals surface area contributed by atoms with Gasteiger partial charge >= 0.3 is 6.03 Å². The summed E-state index contributed by atoms with van der Waals surface area (Å²) in [4.78, 5) is 30.5. The number of aliphatic hydroxyl groups excluding tert-OH is 1. The van der Waals surface area contributed by atoms with Crippen molar-refractivity contribution >= 4 is 23.3 Å². The molecule has 0 radical (unpaired) electrons. The molecule has 3 N–H and O–H groups in total. The Kier molecular flexibility index (Phi) is 9.74. The van der Waals surface area contributed by atoms with E-state index in [0.717, 1.165) is 13.1 Å². The smallest absolute Gasteiger partial charge is 0.323 e. The lowest BCUT2D eigenvalue weighted by atomic mass is 9.89. The molecule has 1 saturated carbocycles. The Morgan fingerprint density at radius 1 is 1.02 bits per heavy atom. The predicted octanol–water partition coefficient (Wildman–Crippen LogP) is 4.72. The molecule has 1 fully saturated rings. The van der Waals surface area contributed by atoms with Crippen molar-refractivity contribution in [1.82, 2.24) is 9.80 Å². The monoisotopic (exact) mass is 580 g/mol. The summed E-state index contributed by atoms with van der Waals surface area (Å²) in [6.07, 6.45) is 6.47. The molecule has 0 unspecified atom stereocenters. The number of carbonyl (C=O) groups excluding carboxylic acids is 2. The van der Waals surface area contributed by atoms with Gasteiger partial charge in [0.05, 0.1) is 19.1 Å². The summed E-state index contributed by atoms with van der Waals surface area (Å²) < 4.78 is 17.4. The molecule has 2 aromatic carbocycles. The Morgan fingerprint density at radius 2 is 1.71 bits per heavy atom. The Balaban J connectivity index is 1.32. The number of aliphatic hydroxyl groups is 1. The number of hydrogen-bond donors (Lipinski definition) is 3. The average molecular weight is 581 g/mol. The molecule has 0 bridgehead atoms. The van der Waals surface area contributed by atoms with E-state index in [2.05, 4.69) is 29.5 Å². The van der Waals surface area contributed by atoms with Gasteiger partial charge in [-0.25, -0.2) is 4.79 Å². The number of nitrogens with zero attached hydrogens (tertiary/aromatic N) is 2. The summed E-state index contributed by atoms with van der Waals surface area (Å²) >= 11 is 0. The molecule has 1 aliphatic carbocycles. The zero-order chi connectivity index (χ0) is 29.6. The van der Waals surface area contributed by atoms with Gasteiger partial charge in [0.1, 0.15) is 11.9 Å². The number of benzene rings is 2. The van der Waals surface area contributed by atoms with E-state index in [0.29, 0.717) is 46.6 Å². The second-order valence-electron chi connectivity index (χ2n) is 12.1. The highest BCUT2D eigenvalue weighted by molar-refractivity contribution is 6.00. The predicted molar refractivity (Wildman–Crippen MR) is 161 cm³/mol. The summed E-state index contributed by atoms with van der Waals surface area (Å²) in [5.41, 5.74) is 1.81. The van der Waals surface area contributed by atoms with E-state index in [1.54, 1.807) is 35.2 Å². The highest BCUT2D eigenvalue weighted by Crippen LogP contribution is 2.34. The fourth-order valence-corrected chi connectivity index (χ4v) is 6.19. The van der Waals surface area contributed by atoms with E-state index in [9.17, 15) is 14.7 Å². The van der Waals surface area contributed by atoms with E-state index in [1.807, 2.05) is 13.0 Å². The summed E-state index contributed by atoms with van der Waals surface area (Å²) in [6, 6.07) is 9.90. The molecule has 10 nitrogen and oxygen atoms in total. The van der Waals surface area contributed by atoms with Gasteiger partial charge in [0.25, 0.3) is 0 Å². The topological polar surface area (TPSA) is 113 Å². The number of nitrogens with one attached hydrogen (secondary N) is 2. The summed E-state index contributed by atoms with van der Waals surface area (Å²) in [6.45, 7) is 6.31. The van der Waals surface area contributed by atoms with Crippen molar-refractivity contribution in [2.45, 2.75) is 64.5 Å². The van der Waals surface area contributed by atoms with Gasteiger partial charge in [0, 0.05) is 48.6 Å². The van der Waals surface area contributed by atoms with E-state index in [1.165, 1.54) is 32.1 Å². The Bertz CT molecular complexity index is 1250. The molecule has 5 rings (SSSR count). The molecular formula is C32H44N4O6. The quantitative estimate of drug-likeness (QED) is 0.414. The zero-order valence-corrected chi connectivity index (χ0v) is 24.9. The largest absolute Gasteiger partial charge is 0.488 e. The maximum absolute atomic E-state index is 13.5. The minimum atomic E-state index is -0.421. The molecule has 2 aromatic rings. The van der Waals surface area contributed by atoms with Gasteiger partial charge in [-0.2, -0.15) is 0 Å². The Hall–Kier alpha value is -3.50. The molecule has 2 heterocycles. The molecule has 2 aliphatic heterocycles. The Morgan fingerprint density at radius 3 is 2.45 bits per heavy atom. The lowest BCUT2D eigenvalue weighted by Crippen LogP contribution is -2.48. The first-order chi connectivity index (χ1) is 20.3. The number of amides is 3. The lowest BCUT2D eigenvalue weighted by Gasteiger charge is -2.35. The van der Waals surface area contributed by atoms with Gasteiger partial charge in [-0.15, -0.1) is 0 Å². The summed E-state index contributed by atoms with van der Waals surface area (Å²) in [5.74, 6) is 2.55. The number of anilines is 2. The van der Waals surface area contributed by atoms with Crippen LogP contribution in [0.25, 0.3) is 0 Å². The van der Waals surface area contributed by atoms with Gasteiger partial charge < -0.3 is 39.8 Å². The number of rotatable bonds is 8. The first-order valence-corrected chi connectivity index (χ1v) is 15.1. The van der Waals surface area contributed by atoms with Crippen LogP contribution >= 0.6 is 0 Å². The summed E-state index contributed by atoms with van der Waals surface area (Å²) in [7, 11) is 2.16. The van der Waals surface area contributed by atoms with Crippen LogP contribution in [0, 0.1) is 11.8 Å². The van der Waals surface area contributed by atoms with E-state index in [4.69, 9.17) is 14.2 Å². The normalized spacial score (nSPS) is 21.5. The lowest BCUT2D eigenvalue weighted by molar-refractivity contribution is -0.134. The van der Waals surface area contributed by atoms with Crippen LogP contribution in [-0.2, 0) is 11.2 Å². The third kappa shape index (κ3) is 7.46. The second-order valence-corrected chi connectivity index (χ2v) is 12.1. The highest BCUT2D eigenvalue weighted by Gasteiger charge is 2.31. The number of likely N-dealkylation sites (N-methyl/N-ethyl adjacent to an activating group) is 1. The van der Waals surface area contributed by atoms with Crippen LogP contribution in [0.4, 0.5) is 16.2 Å². The van der Waals surface area contributed by atoms with Crippen molar-refractivity contribution in [3.05, 3.63) is 42.0 Å². The number of urea groups is 1. The maximum atomic E-state index is 13.5. The standard InChI is InChI=1S/C32H44N4O6/c1-21-16-36(22(2)19-37)31(38)14-24-13-25(33-32(39)34-26-10-12-28-29(15-26)41-20-40-28)9-11-27(24)42-30(21)18-35(3)17-23-7-5-4-6-8-23/h9-13,15,21-23,30,37H,4-8,14,16-20H2,1-3H3,(H2,33,34,39)/t21-,22-,30-/m1/s1. The van der Waals surface area contributed by atoms with Crippen LogP contribution in [0.15, 0.2) is 36.4 Å². The molecule has 42 heavy (non-hydrogen) atoms. The first kappa shape index (κ1) is 30.0. The molecule has 0 aromatic heterocycles. The first-order valence-electron chi connectivity index (χ1n) is 15.1. The highest BCUT2D eigenvalue weighted by atomic mass is 16.7. The van der Waals surface area contributed by atoms with Crippen molar-refractivity contribution in [2.75, 3.05) is 50.7 Å². The van der Waals surface area contributed by atoms with Gasteiger partial charge in [0.2, 0.25) is 12.7 Å². The van der Waals surface area contributed by atoms with E-state index < -0.39 is 6.03 Å². The molecule has 3 amide bonds. The van der Waals surface area contributed by atoms with Gasteiger partial charge in [-0.3, -0.25) is 4.79 Å². The van der Waals surface area contributed by atoms with Gasteiger partial charge in [-0.05, 0) is 63.1 Å². The molecule has 0 saturated heterocycles. The maximum Gasteiger partial charge on any atom is 0.323 e. The molecule has 228 valence electrons. The van der Waals surface area contributed by atoms with Crippen LogP contribution in [0.2, 0.25) is 0 Å². The average Bonchev–Trinajstić information content (AvgIpc) is 3.45. The number of fused-ring (bicyclic) bond motifs is 2. The van der Waals surface area contributed by atoms with E-state index in [-0.39, 0.29) is 43.8 Å². The second kappa shape index (κ2) is 13.6. The number of carbonyl (C=O) groups is 2. The number of ether oxygens (including phenoxy) is 3. The van der Waals surface area contributed by atoms with Crippen molar-refractivity contribution in [3.63, 3.8) is 0 Å². The third-order valence-corrected chi connectivity index (χ3v) is 8.59. The van der Waals surface area contributed by atoms with Crippen molar-refractivity contribution in [2.24, 2.45) is 11.8 Å². The summed E-state index contributed by atoms with van der Waals surface area (Å²) in [5, 5.41) is 15.6. The van der Waals surface area contributed by atoms with Gasteiger partial charge in [-0.1, -0.05) is 26.2 Å². The molecule has 10 heteroatoms. The van der Waals surface area contributed by atoms with Crippen LogP contribution in [0.3, 0.4) is 0 Å². The minimum absolute atomic E-state index is 0.0491. The minimum Gasteiger partial charge on any atom is -0.488 e. The van der Waals surface area contributed by atoms with Crippen LogP contribution < -0.4 is 24.8 Å². The fourth-order valence-electron chi connectivity index (χ4n) is 6.19. The van der Waals surface area contributed by atoms with Crippen LogP contribution in [0.1, 0.15) is 51.5 Å². The fraction of sp³-hybridized carbons (Fsp3) is 0.562. The Labute approximate surface area is 248 Å². The molecular weight excluding hydrogens is 536 g/mol. The van der Waals surface area contributed by atoms with Crippen LogP contribution in [-0.4, -0.2) is 79.1 Å². The zero-order valence-electron chi connectivity index (χ0n) is 24.9. The molecule has 3 aliphatic rings. The molecule has 0 spiro atoms. The van der Waals surface area contributed by atoms with Crippen molar-refractivity contribution < 1.29 is 28.9 Å². The van der Waals surface area contributed by atoms with Crippen molar-refractivity contribution in [3.8, 4) is 17.2 Å². The number of hydrogen-bond acceptors (Lipinski definition) is 7. The van der Waals surface area contributed by atoms with E-state index >= 15 is 0 Å². The molecule has 3 atom stereocenters.